The van der Waals surface area contributed by atoms with Crippen LogP contribution in [0.2, 0.25) is 0 Å². The Hall–Kier alpha value is -0.160. The summed E-state index contributed by atoms with van der Waals surface area (Å²) in [6.45, 7) is 1.75. The average molecular weight is 146 g/mol. The van der Waals surface area contributed by atoms with Crippen LogP contribution in [0.3, 0.4) is 0 Å². The van der Waals surface area contributed by atoms with E-state index in [-0.39, 0.29) is 0 Å². The lowest BCUT2D eigenvalue weighted by molar-refractivity contribution is -0.0376. The number of aliphatic hydroxyl groups is 2. The van der Waals surface area contributed by atoms with Crippen LogP contribution in [0.25, 0.3) is 0 Å². The summed E-state index contributed by atoms with van der Waals surface area (Å²) in [4.78, 5) is 1.91. The van der Waals surface area contributed by atoms with Crippen molar-refractivity contribution in [1.82, 2.24) is 4.90 Å². The van der Waals surface area contributed by atoms with E-state index in [9.17, 15) is 0 Å². The zero-order valence-electron chi connectivity index (χ0n) is 5.90. The van der Waals surface area contributed by atoms with Crippen molar-refractivity contribution < 1.29 is 10.2 Å². The van der Waals surface area contributed by atoms with Gasteiger partial charge in [-0.2, -0.15) is 0 Å². The highest BCUT2D eigenvalue weighted by atomic mass is 16.3. The smallest absolute Gasteiger partial charge is 0.0926 e. The van der Waals surface area contributed by atoms with Gasteiger partial charge in [0.2, 0.25) is 0 Å². The van der Waals surface area contributed by atoms with E-state index in [1.165, 1.54) is 0 Å². The van der Waals surface area contributed by atoms with E-state index in [1.54, 1.807) is 0 Å². The summed E-state index contributed by atoms with van der Waals surface area (Å²) >= 11 is 0. The zero-order valence-corrected chi connectivity index (χ0v) is 5.90. The molecule has 2 unspecified atom stereocenters. The summed E-state index contributed by atoms with van der Waals surface area (Å²) in [6.07, 6.45) is -0.543. The molecule has 0 aromatic rings. The van der Waals surface area contributed by atoms with Crippen molar-refractivity contribution in [3.05, 3.63) is 0 Å². The third kappa shape index (κ3) is 1.67. The van der Waals surface area contributed by atoms with E-state index >= 15 is 0 Å². The lowest BCUT2D eigenvalue weighted by Gasteiger charge is -2.32. The lowest BCUT2D eigenvalue weighted by Crippen LogP contribution is -2.48. The maximum atomic E-state index is 9.13. The molecule has 4 N–H and O–H groups in total. The summed E-state index contributed by atoms with van der Waals surface area (Å²) in [6, 6.07) is 0. The number of hydrogen-bond acceptors (Lipinski definition) is 4. The highest BCUT2D eigenvalue weighted by Gasteiger charge is 2.24. The topological polar surface area (TPSA) is 69.7 Å². The Kier molecular flexibility index (Phi) is 2.62. The molecule has 1 rings (SSSR count). The third-order valence-electron chi connectivity index (χ3n) is 1.89. The molecule has 4 heteroatoms. The van der Waals surface area contributed by atoms with Gasteiger partial charge in [0.15, 0.2) is 0 Å². The number of aliphatic hydroxyl groups excluding tert-OH is 2. The standard InChI is InChI=1S/C6H14N2O2/c7-4-8-2-1-5(9)6(10)3-8/h5-6,9-10H,1-4,7H2. The van der Waals surface area contributed by atoms with Gasteiger partial charge in [-0.15, -0.1) is 0 Å². The number of hydrogen-bond donors (Lipinski definition) is 3. The molecular weight excluding hydrogens is 132 g/mol. The van der Waals surface area contributed by atoms with Crippen LogP contribution in [0.4, 0.5) is 0 Å². The summed E-state index contributed by atoms with van der Waals surface area (Å²) in [5, 5.41) is 18.2. The van der Waals surface area contributed by atoms with Gasteiger partial charge in [-0.25, -0.2) is 0 Å². The highest BCUT2D eigenvalue weighted by molar-refractivity contribution is 4.77. The van der Waals surface area contributed by atoms with Gasteiger partial charge in [-0.1, -0.05) is 0 Å². The molecule has 4 nitrogen and oxygen atoms in total. The second-order valence-corrected chi connectivity index (χ2v) is 2.68. The molecule has 2 atom stereocenters. The molecule has 0 saturated carbocycles. The van der Waals surface area contributed by atoms with Gasteiger partial charge < -0.3 is 15.9 Å². The zero-order chi connectivity index (χ0) is 7.56. The fourth-order valence-corrected chi connectivity index (χ4v) is 1.15. The molecule has 1 fully saturated rings. The molecule has 0 aromatic heterocycles. The Morgan fingerprint density at radius 3 is 2.60 bits per heavy atom. The lowest BCUT2D eigenvalue weighted by atomic mass is 10.1. The van der Waals surface area contributed by atoms with Crippen LogP contribution in [0.15, 0.2) is 0 Å². The molecule has 0 amide bonds. The van der Waals surface area contributed by atoms with Gasteiger partial charge in [-0.05, 0) is 6.42 Å². The molecule has 1 saturated heterocycles. The van der Waals surface area contributed by atoms with Crippen LogP contribution in [0.5, 0.6) is 0 Å². The molecule has 0 aliphatic carbocycles. The molecule has 1 aliphatic heterocycles. The summed E-state index contributed by atoms with van der Waals surface area (Å²) in [7, 11) is 0. The van der Waals surface area contributed by atoms with Crippen molar-refractivity contribution >= 4 is 0 Å². The fraction of sp³-hybridized carbons (Fsp3) is 1.00. The monoisotopic (exact) mass is 146 g/mol. The van der Waals surface area contributed by atoms with Crippen molar-refractivity contribution in [3.8, 4) is 0 Å². The van der Waals surface area contributed by atoms with Crippen molar-refractivity contribution in [2.75, 3.05) is 19.8 Å². The first kappa shape index (κ1) is 7.94. The maximum Gasteiger partial charge on any atom is 0.0926 e. The van der Waals surface area contributed by atoms with Crippen LogP contribution < -0.4 is 5.73 Å². The van der Waals surface area contributed by atoms with Crippen LogP contribution in [0.1, 0.15) is 6.42 Å². The second kappa shape index (κ2) is 3.30. The van der Waals surface area contributed by atoms with Crippen LogP contribution in [-0.2, 0) is 0 Å². The van der Waals surface area contributed by atoms with Crippen LogP contribution in [-0.4, -0.2) is 47.1 Å². The van der Waals surface area contributed by atoms with E-state index in [2.05, 4.69) is 0 Å². The normalized spacial score (nSPS) is 36.3. The predicted octanol–water partition coefficient (Wildman–Crippen LogP) is -1.67. The average Bonchev–Trinajstić information content (AvgIpc) is 1.95. The Morgan fingerprint density at radius 2 is 2.10 bits per heavy atom. The van der Waals surface area contributed by atoms with Crippen molar-refractivity contribution in [1.29, 1.82) is 0 Å². The molecule has 1 heterocycles. The van der Waals surface area contributed by atoms with E-state index in [1.807, 2.05) is 4.90 Å². The van der Waals surface area contributed by atoms with Crippen molar-refractivity contribution in [2.24, 2.45) is 5.73 Å². The number of likely N-dealkylation sites (tertiary alicyclic amines) is 1. The van der Waals surface area contributed by atoms with Gasteiger partial charge in [0.1, 0.15) is 0 Å². The Bertz CT molecular complexity index is 110. The highest BCUT2D eigenvalue weighted by Crippen LogP contribution is 2.08. The molecule has 10 heavy (non-hydrogen) atoms. The summed E-state index contributed by atoms with van der Waals surface area (Å²) in [5.41, 5.74) is 5.34. The Balaban J connectivity index is 2.33. The van der Waals surface area contributed by atoms with Crippen LogP contribution in [0, 0.1) is 0 Å². The van der Waals surface area contributed by atoms with Crippen molar-refractivity contribution in [3.63, 3.8) is 0 Å². The summed E-state index contributed by atoms with van der Waals surface area (Å²) < 4.78 is 0. The Morgan fingerprint density at radius 1 is 1.40 bits per heavy atom. The van der Waals surface area contributed by atoms with E-state index in [4.69, 9.17) is 15.9 Å². The Labute approximate surface area is 60.2 Å². The number of nitrogens with two attached hydrogens (primary N) is 1. The van der Waals surface area contributed by atoms with Crippen molar-refractivity contribution in [2.45, 2.75) is 18.6 Å². The van der Waals surface area contributed by atoms with Gasteiger partial charge in [-0.3, -0.25) is 4.90 Å². The van der Waals surface area contributed by atoms with Gasteiger partial charge in [0, 0.05) is 19.8 Å². The molecule has 0 bridgehead atoms. The minimum Gasteiger partial charge on any atom is -0.390 e. The number of piperidine rings is 1. The first-order chi connectivity index (χ1) is 4.74. The number of rotatable bonds is 1. The first-order valence-electron chi connectivity index (χ1n) is 3.52. The molecule has 0 spiro atoms. The minimum atomic E-state index is -0.614. The predicted molar refractivity (Wildman–Crippen MR) is 37.3 cm³/mol. The minimum absolute atomic E-state index is 0.462. The molecule has 60 valence electrons. The second-order valence-electron chi connectivity index (χ2n) is 2.68. The number of β-amino-alcohol motifs (C(OH)–C–C–N with tert-alkyl or cyclic N) is 1. The number of nitrogens with zero attached hydrogens (tertiary/aromatic N) is 1. The van der Waals surface area contributed by atoms with Gasteiger partial charge in [0.05, 0.1) is 12.2 Å². The molecule has 1 aliphatic rings. The summed E-state index contributed by atoms with van der Waals surface area (Å²) in [5.74, 6) is 0. The quantitative estimate of drug-likeness (QED) is 0.414. The fourth-order valence-electron chi connectivity index (χ4n) is 1.15. The van der Waals surface area contributed by atoms with E-state index in [0.29, 0.717) is 19.6 Å². The van der Waals surface area contributed by atoms with Crippen LogP contribution >= 0.6 is 0 Å². The molecule has 0 aromatic carbocycles. The maximum absolute atomic E-state index is 9.13. The largest absolute Gasteiger partial charge is 0.390 e. The SMILES string of the molecule is NCN1CCC(O)C(O)C1. The molecular formula is C6H14N2O2. The van der Waals surface area contributed by atoms with Gasteiger partial charge in [0.25, 0.3) is 0 Å². The van der Waals surface area contributed by atoms with E-state index in [0.717, 1.165) is 6.54 Å². The first-order valence-corrected chi connectivity index (χ1v) is 3.52. The third-order valence-corrected chi connectivity index (χ3v) is 1.89. The van der Waals surface area contributed by atoms with E-state index < -0.39 is 12.2 Å². The van der Waals surface area contributed by atoms with Gasteiger partial charge >= 0.3 is 0 Å². The molecule has 0 radical (unpaired) electrons.